The van der Waals surface area contributed by atoms with E-state index in [9.17, 15) is 4.79 Å². The van der Waals surface area contributed by atoms with Gasteiger partial charge in [-0.05, 0) is 18.6 Å². The van der Waals surface area contributed by atoms with E-state index in [0.717, 1.165) is 28.4 Å². The number of nitrogens with one attached hydrogen (secondary N) is 1. The van der Waals surface area contributed by atoms with Gasteiger partial charge in [0.15, 0.2) is 5.58 Å². The molecule has 5 heteroatoms. The molecule has 0 atom stereocenters. The van der Waals surface area contributed by atoms with Crippen LogP contribution in [0.1, 0.15) is 12.1 Å². The number of amides is 1. The zero-order valence-corrected chi connectivity index (χ0v) is 11.4. The summed E-state index contributed by atoms with van der Waals surface area (Å²) in [5.74, 6) is -0.00565. The summed E-state index contributed by atoms with van der Waals surface area (Å²) in [6.07, 6.45) is 1.27. The Morgan fingerprint density at radius 3 is 3.06 bits per heavy atom. The predicted molar refractivity (Wildman–Crippen MR) is 74.2 cm³/mol. The van der Waals surface area contributed by atoms with E-state index < -0.39 is 0 Å². The summed E-state index contributed by atoms with van der Waals surface area (Å²) in [6, 6.07) is 7.56. The second kappa shape index (κ2) is 6.00. The second-order valence-electron chi connectivity index (χ2n) is 3.69. The van der Waals surface area contributed by atoms with E-state index in [-0.39, 0.29) is 12.3 Å². The predicted octanol–water partition coefficient (Wildman–Crippen LogP) is 2.31. The molecule has 2 aromatic rings. The quantitative estimate of drug-likeness (QED) is 0.515. The lowest BCUT2D eigenvalue weighted by molar-refractivity contribution is -0.120. The zero-order valence-electron chi connectivity index (χ0n) is 9.28. The summed E-state index contributed by atoms with van der Waals surface area (Å²) in [7, 11) is 0. The van der Waals surface area contributed by atoms with Crippen LogP contribution in [0.25, 0.3) is 11.0 Å². The SMILES string of the molecule is O=C(Cc1noc2ccccc12)NCCCI. The number of carbonyl (C=O) groups excluding carboxylic acids is 1. The van der Waals surface area contributed by atoms with Crippen LogP contribution in [0.15, 0.2) is 28.8 Å². The molecule has 0 spiro atoms. The fraction of sp³-hybridized carbons (Fsp3) is 0.333. The molecule has 1 aromatic carbocycles. The van der Waals surface area contributed by atoms with E-state index in [4.69, 9.17) is 4.52 Å². The van der Waals surface area contributed by atoms with Crippen molar-refractivity contribution in [1.82, 2.24) is 10.5 Å². The summed E-state index contributed by atoms with van der Waals surface area (Å²) < 4.78 is 6.19. The Morgan fingerprint density at radius 2 is 2.24 bits per heavy atom. The summed E-state index contributed by atoms with van der Waals surface area (Å²) in [6.45, 7) is 0.720. The van der Waals surface area contributed by atoms with Crippen LogP contribution in [0, 0.1) is 0 Å². The van der Waals surface area contributed by atoms with Gasteiger partial charge in [0.1, 0.15) is 5.69 Å². The number of hydrogen-bond donors (Lipinski definition) is 1. The van der Waals surface area contributed by atoms with E-state index in [1.807, 2.05) is 24.3 Å². The van der Waals surface area contributed by atoms with Crippen LogP contribution in [0.5, 0.6) is 0 Å². The lowest BCUT2D eigenvalue weighted by atomic mass is 10.1. The molecule has 0 fully saturated rings. The van der Waals surface area contributed by atoms with Gasteiger partial charge in [0.25, 0.3) is 0 Å². The Kier molecular flexibility index (Phi) is 4.36. The monoisotopic (exact) mass is 344 g/mol. The van der Waals surface area contributed by atoms with Crippen molar-refractivity contribution >= 4 is 39.5 Å². The number of fused-ring (bicyclic) bond motifs is 1. The summed E-state index contributed by atoms with van der Waals surface area (Å²) in [5.41, 5.74) is 1.43. The van der Waals surface area contributed by atoms with Gasteiger partial charge in [-0.2, -0.15) is 0 Å². The number of carbonyl (C=O) groups is 1. The van der Waals surface area contributed by atoms with Crippen LogP contribution in [-0.4, -0.2) is 22.0 Å². The van der Waals surface area contributed by atoms with Gasteiger partial charge >= 0.3 is 0 Å². The van der Waals surface area contributed by atoms with Crippen molar-refractivity contribution in [1.29, 1.82) is 0 Å². The van der Waals surface area contributed by atoms with E-state index in [0.29, 0.717) is 5.69 Å². The van der Waals surface area contributed by atoms with Crippen LogP contribution >= 0.6 is 22.6 Å². The molecule has 90 valence electrons. The first-order valence-corrected chi connectivity index (χ1v) is 7.00. The molecule has 0 aliphatic heterocycles. The molecule has 0 aliphatic rings. The third-order valence-electron chi connectivity index (χ3n) is 2.41. The van der Waals surface area contributed by atoms with Gasteiger partial charge in [0.2, 0.25) is 5.91 Å². The first-order chi connectivity index (χ1) is 8.31. The smallest absolute Gasteiger partial charge is 0.226 e. The molecule has 0 saturated heterocycles. The van der Waals surface area contributed by atoms with E-state index in [1.165, 1.54) is 0 Å². The normalized spacial score (nSPS) is 10.6. The van der Waals surface area contributed by atoms with Crippen molar-refractivity contribution in [2.24, 2.45) is 0 Å². The van der Waals surface area contributed by atoms with E-state index in [1.54, 1.807) is 0 Å². The van der Waals surface area contributed by atoms with Crippen molar-refractivity contribution in [3.05, 3.63) is 30.0 Å². The van der Waals surface area contributed by atoms with Crippen LogP contribution in [-0.2, 0) is 11.2 Å². The number of rotatable bonds is 5. The first kappa shape index (κ1) is 12.3. The topological polar surface area (TPSA) is 55.1 Å². The maximum Gasteiger partial charge on any atom is 0.226 e. The van der Waals surface area contributed by atoms with E-state index in [2.05, 4.69) is 33.1 Å². The lowest BCUT2D eigenvalue weighted by Gasteiger charge is -2.01. The molecular formula is C12H13IN2O2. The van der Waals surface area contributed by atoms with Gasteiger partial charge < -0.3 is 9.84 Å². The summed E-state index contributed by atoms with van der Waals surface area (Å²) in [5, 5.41) is 7.70. The van der Waals surface area contributed by atoms with Crippen LogP contribution in [0.4, 0.5) is 0 Å². The first-order valence-electron chi connectivity index (χ1n) is 5.47. The summed E-state index contributed by atoms with van der Waals surface area (Å²) >= 11 is 2.29. The molecule has 17 heavy (non-hydrogen) atoms. The molecule has 1 N–H and O–H groups in total. The maximum absolute atomic E-state index is 11.6. The Labute approximate surface area is 113 Å². The van der Waals surface area contributed by atoms with Crippen molar-refractivity contribution in [3.63, 3.8) is 0 Å². The van der Waals surface area contributed by atoms with Crippen molar-refractivity contribution in [3.8, 4) is 0 Å². The highest BCUT2D eigenvalue weighted by Crippen LogP contribution is 2.17. The Morgan fingerprint density at radius 1 is 1.41 bits per heavy atom. The third-order valence-corrected chi connectivity index (χ3v) is 3.18. The number of benzene rings is 1. The molecule has 0 aliphatic carbocycles. The van der Waals surface area contributed by atoms with Gasteiger partial charge in [0.05, 0.1) is 6.42 Å². The zero-order chi connectivity index (χ0) is 12.1. The third kappa shape index (κ3) is 3.18. The minimum absolute atomic E-state index is 0.00565. The van der Waals surface area contributed by atoms with Crippen molar-refractivity contribution < 1.29 is 9.32 Å². The minimum Gasteiger partial charge on any atom is -0.356 e. The Bertz CT molecular complexity index is 510. The highest BCUT2D eigenvalue weighted by Gasteiger charge is 2.11. The van der Waals surface area contributed by atoms with Crippen LogP contribution in [0.2, 0.25) is 0 Å². The standard InChI is InChI=1S/C12H13IN2O2/c13-6-3-7-14-12(16)8-10-9-4-1-2-5-11(9)17-15-10/h1-2,4-5H,3,6-8H2,(H,14,16). The molecule has 2 rings (SSSR count). The van der Waals surface area contributed by atoms with Gasteiger partial charge in [-0.15, -0.1) is 0 Å². The van der Waals surface area contributed by atoms with Gasteiger partial charge in [-0.1, -0.05) is 39.9 Å². The average Bonchev–Trinajstić information content (AvgIpc) is 2.73. The lowest BCUT2D eigenvalue weighted by Crippen LogP contribution is -2.26. The maximum atomic E-state index is 11.6. The van der Waals surface area contributed by atoms with Gasteiger partial charge in [0, 0.05) is 16.4 Å². The fourth-order valence-electron chi connectivity index (χ4n) is 1.57. The van der Waals surface area contributed by atoms with Gasteiger partial charge in [-0.25, -0.2) is 0 Å². The molecule has 1 aromatic heterocycles. The average molecular weight is 344 g/mol. The fourth-order valence-corrected chi connectivity index (χ4v) is 1.96. The van der Waals surface area contributed by atoms with E-state index >= 15 is 0 Å². The number of aromatic nitrogens is 1. The highest BCUT2D eigenvalue weighted by atomic mass is 127. The largest absolute Gasteiger partial charge is 0.356 e. The minimum atomic E-state index is -0.00565. The van der Waals surface area contributed by atoms with Gasteiger partial charge in [-0.3, -0.25) is 4.79 Å². The molecule has 1 amide bonds. The molecule has 1 heterocycles. The molecule has 0 saturated carbocycles. The Hall–Kier alpha value is -1.11. The molecule has 4 nitrogen and oxygen atoms in total. The number of alkyl halides is 1. The number of halogens is 1. The molecule has 0 unspecified atom stereocenters. The molecular weight excluding hydrogens is 331 g/mol. The summed E-state index contributed by atoms with van der Waals surface area (Å²) in [4.78, 5) is 11.6. The molecule has 0 radical (unpaired) electrons. The molecule has 0 bridgehead atoms. The van der Waals surface area contributed by atoms with Crippen molar-refractivity contribution in [2.45, 2.75) is 12.8 Å². The highest BCUT2D eigenvalue weighted by molar-refractivity contribution is 14.1. The number of hydrogen-bond acceptors (Lipinski definition) is 3. The number of para-hydroxylation sites is 1. The Balaban J connectivity index is 2.01. The van der Waals surface area contributed by atoms with Crippen molar-refractivity contribution in [2.75, 3.05) is 11.0 Å². The second-order valence-corrected chi connectivity index (χ2v) is 4.77. The van der Waals surface area contributed by atoms with Crippen LogP contribution in [0.3, 0.4) is 0 Å². The van der Waals surface area contributed by atoms with Crippen LogP contribution < -0.4 is 5.32 Å². The number of nitrogens with zero attached hydrogens (tertiary/aromatic N) is 1.